The third-order valence-electron chi connectivity index (χ3n) is 10.6. The van der Waals surface area contributed by atoms with Crippen molar-refractivity contribution in [2.24, 2.45) is 0 Å². The monoisotopic (exact) mass is 667 g/mol. The van der Waals surface area contributed by atoms with Gasteiger partial charge in [-0.2, -0.15) is 10.2 Å². The van der Waals surface area contributed by atoms with Crippen LogP contribution in [0.25, 0.3) is 88.4 Å². The molecule has 0 saturated heterocycles. The van der Waals surface area contributed by atoms with Crippen molar-refractivity contribution >= 4 is 63.6 Å². The minimum absolute atomic E-state index is 0.868. The van der Waals surface area contributed by atoms with Crippen LogP contribution in [0.2, 0.25) is 0 Å². The third kappa shape index (κ3) is 4.17. The molecule has 0 atom stereocenters. The number of hydrogen-bond acceptors (Lipinski definition) is 3. The summed E-state index contributed by atoms with van der Waals surface area (Å²) in [6, 6.07) is 52.4. The van der Waals surface area contributed by atoms with Gasteiger partial charge in [0.25, 0.3) is 0 Å². The second-order valence-electron chi connectivity index (χ2n) is 13.3. The van der Waals surface area contributed by atoms with E-state index in [2.05, 4.69) is 166 Å². The average Bonchev–Trinajstić information content (AvgIpc) is 3.86. The molecule has 11 rings (SSSR count). The highest BCUT2D eigenvalue weighted by Gasteiger charge is 2.28. The molecule has 6 heteroatoms. The van der Waals surface area contributed by atoms with E-state index in [4.69, 9.17) is 10.1 Å². The number of pyridine rings is 1. The maximum Gasteiger partial charge on any atom is 0.117 e. The number of benzene rings is 6. The van der Waals surface area contributed by atoms with Gasteiger partial charge in [-0.25, -0.2) is 0 Å². The van der Waals surface area contributed by atoms with Crippen molar-refractivity contribution in [2.45, 2.75) is 0 Å². The Bertz CT molecular complexity index is 2790. The minimum atomic E-state index is -0.868. The van der Waals surface area contributed by atoms with Crippen LogP contribution in [0.3, 0.4) is 0 Å². The zero-order valence-electron chi connectivity index (χ0n) is 27.5. The van der Waals surface area contributed by atoms with Crippen molar-refractivity contribution in [2.75, 3.05) is 0 Å². The predicted molar refractivity (Wildman–Crippen MR) is 213 cm³/mol. The molecule has 238 valence electrons. The molecule has 1 aliphatic rings. The van der Waals surface area contributed by atoms with Crippen LogP contribution in [0, 0.1) is 0 Å². The van der Waals surface area contributed by atoms with Crippen molar-refractivity contribution < 1.29 is 0 Å². The first kappa shape index (κ1) is 28.2. The number of para-hydroxylation sites is 4. The fourth-order valence-electron chi connectivity index (χ4n) is 8.37. The van der Waals surface area contributed by atoms with Crippen molar-refractivity contribution in [3.05, 3.63) is 164 Å². The van der Waals surface area contributed by atoms with Crippen LogP contribution < -0.4 is 10.5 Å². The standard InChI is InChI=1S/C45H29N5Si/c1-3-11-30(12-4-1)49-38-17-9-7-15-32(38)34-23-28(19-21-40(34)49)36-25-46-27-42-43(36)44-37(26-47-48-45(44)51-42)29-20-22-41-35(24-29)33-16-8-10-18-39(33)50(41)31-13-5-2-6-14-31/h1-27H,51H2. The molecule has 0 N–H and O–H groups in total. The molecule has 51 heavy (non-hydrogen) atoms. The normalized spacial score (nSPS) is 12.7. The maximum absolute atomic E-state index is 4.80. The second-order valence-corrected chi connectivity index (χ2v) is 15.1. The first-order valence-electron chi connectivity index (χ1n) is 17.3. The Morgan fingerprint density at radius 2 is 0.941 bits per heavy atom. The maximum atomic E-state index is 4.80. The number of fused-ring (bicyclic) bond motifs is 9. The quantitative estimate of drug-likeness (QED) is 0.177. The van der Waals surface area contributed by atoms with Crippen molar-refractivity contribution in [1.82, 2.24) is 24.3 Å². The Morgan fingerprint density at radius 1 is 0.431 bits per heavy atom. The van der Waals surface area contributed by atoms with Gasteiger partial charge < -0.3 is 9.13 Å². The summed E-state index contributed by atoms with van der Waals surface area (Å²) in [6.07, 6.45) is 6.06. The van der Waals surface area contributed by atoms with Crippen LogP contribution in [0.1, 0.15) is 0 Å². The third-order valence-corrected chi connectivity index (χ3v) is 12.3. The summed E-state index contributed by atoms with van der Waals surface area (Å²) in [4.78, 5) is 4.80. The van der Waals surface area contributed by atoms with Gasteiger partial charge in [0, 0.05) is 62.0 Å². The Hall–Kier alpha value is -6.63. The molecule has 4 aromatic heterocycles. The van der Waals surface area contributed by atoms with E-state index in [0.717, 1.165) is 38.9 Å². The molecular weight excluding hydrogens is 639 g/mol. The van der Waals surface area contributed by atoms with Crippen molar-refractivity contribution in [3.63, 3.8) is 0 Å². The van der Waals surface area contributed by atoms with Crippen molar-refractivity contribution in [3.8, 4) is 44.8 Å². The topological polar surface area (TPSA) is 48.5 Å². The largest absolute Gasteiger partial charge is 0.309 e. The van der Waals surface area contributed by atoms with Gasteiger partial charge in [-0.15, -0.1) is 0 Å². The molecule has 0 aliphatic carbocycles. The number of nitrogens with zero attached hydrogens (tertiary/aromatic N) is 5. The van der Waals surface area contributed by atoms with E-state index in [9.17, 15) is 0 Å². The molecule has 0 fully saturated rings. The summed E-state index contributed by atoms with van der Waals surface area (Å²) in [6.45, 7) is 0. The lowest BCUT2D eigenvalue weighted by Crippen LogP contribution is -2.24. The minimum Gasteiger partial charge on any atom is -0.309 e. The lowest BCUT2D eigenvalue weighted by Gasteiger charge is -2.14. The number of rotatable bonds is 4. The van der Waals surface area contributed by atoms with E-state index in [1.165, 1.54) is 59.9 Å². The molecule has 5 nitrogen and oxygen atoms in total. The zero-order valence-corrected chi connectivity index (χ0v) is 28.9. The average molecular weight is 668 g/mol. The van der Waals surface area contributed by atoms with Crippen LogP contribution in [0.5, 0.6) is 0 Å². The summed E-state index contributed by atoms with van der Waals surface area (Å²) in [7, 11) is -0.868. The molecule has 0 radical (unpaired) electrons. The van der Waals surface area contributed by atoms with Gasteiger partial charge in [0.05, 0.1) is 33.6 Å². The molecule has 0 spiro atoms. The predicted octanol–water partition coefficient (Wildman–Crippen LogP) is 8.50. The van der Waals surface area contributed by atoms with Crippen LogP contribution >= 0.6 is 0 Å². The summed E-state index contributed by atoms with van der Waals surface area (Å²) < 4.78 is 4.73. The van der Waals surface area contributed by atoms with E-state index in [0.29, 0.717) is 0 Å². The van der Waals surface area contributed by atoms with E-state index in [-0.39, 0.29) is 0 Å². The highest BCUT2D eigenvalue weighted by atomic mass is 28.2. The van der Waals surface area contributed by atoms with E-state index in [1.54, 1.807) is 0 Å². The number of aromatic nitrogens is 5. The Balaban J connectivity index is 1.11. The first-order chi connectivity index (χ1) is 25.3. The smallest absolute Gasteiger partial charge is 0.117 e. The molecule has 1 aliphatic heterocycles. The van der Waals surface area contributed by atoms with Gasteiger partial charge in [0.2, 0.25) is 0 Å². The van der Waals surface area contributed by atoms with Crippen molar-refractivity contribution in [1.29, 1.82) is 0 Å². The Labute approximate surface area is 295 Å². The van der Waals surface area contributed by atoms with Crippen LogP contribution in [-0.2, 0) is 0 Å². The highest BCUT2D eigenvalue weighted by Crippen LogP contribution is 2.41. The molecule has 0 unspecified atom stereocenters. The van der Waals surface area contributed by atoms with E-state index in [1.807, 2.05) is 12.4 Å². The van der Waals surface area contributed by atoms with E-state index >= 15 is 0 Å². The van der Waals surface area contributed by atoms with Crippen LogP contribution in [-0.4, -0.2) is 33.8 Å². The lowest BCUT2D eigenvalue weighted by atomic mass is 9.91. The first-order valence-corrected chi connectivity index (χ1v) is 18.7. The van der Waals surface area contributed by atoms with Crippen LogP contribution in [0.4, 0.5) is 0 Å². The van der Waals surface area contributed by atoms with Gasteiger partial charge in [-0.1, -0.05) is 84.9 Å². The van der Waals surface area contributed by atoms with Gasteiger partial charge in [-0.05, 0) is 82.5 Å². The zero-order chi connectivity index (χ0) is 33.5. The summed E-state index contributed by atoms with van der Waals surface area (Å²) >= 11 is 0. The molecular formula is C45H29N5Si. The molecule has 0 saturated carbocycles. The van der Waals surface area contributed by atoms with E-state index < -0.39 is 9.52 Å². The molecule has 0 bridgehead atoms. The van der Waals surface area contributed by atoms with Gasteiger partial charge in [0.1, 0.15) is 9.52 Å². The summed E-state index contributed by atoms with van der Waals surface area (Å²) in [5.74, 6) is 0. The number of hydrogen-bond donors (Lipinski definition) is 0. The second kappa shape index (κ2) is 10.9. The van der Waals surface area contributed by atoms with Gasteiger partial charge in [0.15, 0.2) is 0 Å². The fourth-order valence-corrected chi connectivity index (χ4v) is 10.2. The molecule has 0 amide bonds. The fraction of sp³-hybridized carbons (Fsp3) is 0. The summed E-state index contributed by atoms with van der Waals surface area (Å²) in [5.41, 5.74) is 14.1. The Kier molecular flexibility index (Phi) is 6.05. The van der Waals surface area contributed by atoms with Gasteiger partial charge >= 0.3 is 0 Å². The SMILES string of the molecule is c1ccc(-n2c3ccccc3c3cc(-c4cncc5c4-c4c(-c6ccc7c(c6)c6ccccc6n7-c6ccccc6)cnnc4[SiH2]5)ccc32)cc1. The molecule has 5 heterocycles. The van der Waals surface area contributed by atoms with Gasteiger partial charge in [-0.3, -0.25) is 4.98 Å². The lowest BCUT2D eigenvalue weighted by molar-refractivity contribution is 1.06. The molecule has 10 aromatic rings. The molecule has 6 aromatic carbocycles. The Morgan fingerprint density at radius 3 is 1.53 bits per heavy atom. The van der Waals surface area contributed by atoms with Crippen LogP contribution in [0.15, 0.2) is 164 Å². The summed E-state index contributed by atoms with van der Waals surface area (Å²) in [5, 5.41) is 16.7. The highest BCUT2D eigenvalue weighted by molar-refractivity contribution is 6.73.